The summed E-state index contributed by atoms with van der Waals surface area (Å²) in [6.45, 7) is 11.1. The van der Waals surface area contributed by atoms with E-state index in [4.69, 9.17) is 0 Å². The zero-order valence-corrected chi connectivity index (χ0v) is 14.8. The number of nitrogens with one attached hydrogen (secondary N) is 2. The Morgan fingerprint density at radius 2 is 1.83 bits per heavy atom. The van der Waals surface area contributed by atoms with Gasteiger partial charge in [-0.2, -0.15) is 0 Å². The van der Waals surface area contributed by atoms with Gasteiger partial charge in [0.15, 0.2) is 0 Å². The third-order valence-corrected chi connectivity index (χ3v) is 4.73. The van der Waals surface area contributed by atoms with E-state index < -0.39 is 0 Å². The lowest BCUT2D eigenvalue weighted by molar-refractivity contribution is 0.219. The summed E-state index contributed by atoms with van der Waals surface area (Å²) >= 11 is 0. The fourth-order valence-electron chi connectivity index (χ4n) is 3.30. The van der Waals surface area contributed by atoms with Crippen LogP contribution < -0.4 is 10.6 Å². The van der Waals surface area contributed by atoms with Crippen LogP contribution in [0.5, 0.6) is 0 Å². The van der Waals surface area contributed by atoms with Crippen molar-refractivity contribution in [3.8, 4) is 0 Å². The van der Waals surface area contributed by atoms with Gasteiger partial charge in [0.25, 0.3) is 0 Å². The second-order valence-corrected chi connectivity index (χ2v) is 7.21. The molecule has 4 heteroatoms. The summed E-state index contributed by atoms with van der Waals surface area (Å²) in [5.41, 5.74) is 2.48. The van der Waals surface area contributed by atoms with E-state index in [0.717, 1.165) is 13.1 Å². The molecule has 0 radical (unpaired) electrons. The van der Waals surface area contributed by atoms with Crippen molar-refractivity contribution in [2.24, 2.45) is 0 Å². The molecule has 0 bridgehead atoms. The second-order valence-electron chi connectivity index (χ2n) is 7.21. The van der Waals surface area contributed by atoms with Gasteiger partial charge in [-0.1, -0.05) is 44.5 Å². The van der Waals surface area contributed by atoms with E-state index in [1.807, 2.05) is 0 Å². The summed E-state index contributed by atoms with van der Waals surface area (Å²) in [6, 6.07) is 8.31. The topological polar surface area (TPSA) is 44.4 Å². The van der Waals surface area contributed by atoms with Crippen molar-refractivity contribution in [1.29, 1.82) is 0 Å². The molecule has 1 aliphatic rings. The van der Waals surface area contributed by atoms with Gasteiger partial charge in [0.1, 0.15) is 0 Å². The predicted molar refractivity (Wildman–Crippen MR) is 95.9 cm³/mol. The monoisotopic (exact) mass is 317 g/mol. The molecule has 1 fully saturated rings. The predicted octanol–water partition coefficient (Wildman–Crippen LogP) is 3.06. The number of rotatable bonds is 6. The number of hydrogen-bond donors (Lipinski definition) is 2. The molecule has 0 aromatic heterocycles. The van der Waals surface area contributed by atoms with Crippen LogP contribution in [0, 0.1) is 6.92 Å². The van der Waals surface area contributed by atoms with Crippen LogP contribution in [0.3, 0.4) is 0 Å². The van der Waals surface area contributed by atoms with E-state index in [2.05, 4.69) is 60.6 Å². The number of amides is 2. The number of carbonyl (C=O) groups is 1. The fraction of sp³-hybridized carbons (Fsp3) is 0.632. The van der Waals surface area contributed by atoms with E-state index in [9.17, 15) is 4.79 Å². The maximum Gasteiger partial charge on any atom is 0.314 e. The van der Waals surface area contributed by atoms with Crippen molar-refractivity contribution in [2.45, 2.75) is 45.4 Å². The molecule has 128 valence electrons. The van der Waals surface area contributed by atoms with Crippen molar-refractivity contribution >= 4 is 6.03 Å². The van der Waals surface area contributed by atoms with Crippen LogP contribution in [-0.2, 0) is 5.41 Å². The number of aryl methyl sites for hydroxylation is 1. The lowest BCUT2D eigenvalue weighted by Gasteiger charge is -2.28. The van der Waals surface area contributed by atoms with E-state index in [0.29, 0.717) is 6.54 Å². The van der Waals surface area contributed by atoms with Crippen molar-refractivity contribution < 1.29 is 4.79 Å². The Morgan fingerprint density at radius 3 is 2.52 bits per heavy atom. The van der Waals surface area contributed by atoms with Crippen LogP contribution in [0.4, 0.5) is 4.79 Å². The molecule has 0 aliphatic carbocycles. The third-order valence-electron chi connectivity index (χ3n) is 4.73. The first-order valence-electron chi connectivity index (χ1n) is 8.79. The van der Waals surface area contributed by atoms with E-state index in [-0.39, 0.29) is 11.4 Å². The molecule has 2 amide bonds. The van der Waals surface area contributed by atoms with Crippen molar-refractivity contribution in [2.75, 3.05) is 32.7 Å². The van der Waals surface area contributed by atoms with E-state index in [1.54, 1.807) is 0 Å². The Morgan fingerprint density at radius 1 is 1.13 bits per heavy atom. The fourth-order valence-corrected chi connectivity index (χ4v) is 3.30. The number of nitrogens with zero attached hydrogens (tertiary/aromatic N) is 1. The molecule has 23 heavy (non-hydrogen) atoms. The van der Waals surface area contributed by atoms with Crippen LogP contribution in [-0.4, -0.2) is 43.7 Å². The largest absolute Gasteiger partial charge is 0.337 e. The highest BCUT2D eigenvalue weighted by molar-refractivity contribution is 5.73. The quantitative estimate of drug-likeness (QED) is 0.847. The third kappa shape index (κ3) is 5.54. The van der Waals surface area contributed by atoms with Gasteiger partial charge in [-0.3, -0.25) is 0 Å². The summed E-state index contributed by atoms with van der Waals surface area (Å²) in [4.78, 5) is 14.4. The zero-order chi connectivity index (χ0) is 16.7. The van der Waals surface area contributed by atoms with Gasteiger partial charge in [-0.05, 0) is 44.0 Å². The summed E-state index contributed by atoms with van der Waals surface area (Å²) in [5, 5.41) is 5.99. The molecule has 1 aliphatic heterocycles. The minimum atomic E-state index is -0.0739. The van der Waals surface area contributed by atoms with Crippen LogP contribution in [0.25, 0.3) is 0 Å². The number of hydrogen-bond acceptors (Lipinski definition) is 2. The summed E-state index contributed by atoms with van der Waals surface area (Å²) < 4.78 is 0. The molecular formula is C19H31N3O. The standard InChI is InChI=1S/C19H31N3O/c1-16-9-5-6-10-17(16)19(2,3)15-21-18(23)20-11-14-22-12-7-4-8-13-22/h5-6,9-10H,4,7-8,11-15H2,1-3H3,(H2,20,21,23). The molecule has 0 atom stereocenters. The van der Waals surface area contributed by atoms with E-state index >= 15 is 0 Å². The first-order chi connectivity index (χ1) is 11.0. The summed E-state index contributed by atoms with van der Waals surface area (Å²) in [6.07, 6.45) is 3.92. The molecule has 2 N–H and O–H groups in total. The molecule has 4 nitrogen and oxygen atoms in total. The highest BCUT2D eigenvalue weighted by Gasteiger charge is 2.22. The molecule has 1 aromatic rings. The number of piperidine rings is 1. The Kier molecular flexibility index (Phi) is 6.46. The Labute approximate surface area is 140 Å². The molecule has 1 aromatic carbocycles. The van der Waals surface area contributed by atoms with Crippen LogP contribution >= 0.6 is 0 Å². The molecule has 0 saturated carbocycles. The number of benzene rings is 1. The zero-order valence-electron chi connectivity index (χ0n) is 14.8. The SMILES string of the molecule is Cc1ccccc1C(C)(C)CNC(=O)NCCN1CCCCC1. The Bertz CT molecular complexity index is 507. The minimum Gasteiger partial charge on any atom is -0.337 e. The maximum atomic E-state index is 12.0. The lowest BCUT2D eigenvalue weighted by atomic mass is 9.82. The summed E-state index contributed by atoms with van der Waals surface area (Å²) in [7, 11) is 0. The smallest absolute Gasteiger partial charge is 0.314 e. The van der Waals surface area contributed by atoms with Crippen LogP contribution in [0.2, 0.25) is 0 Å². The highest BCUT2D eigenvalue weighted by Crippen LogP contribution is 2.25. The summed E-state index contributed by atoms with van der Waals surface area (Å²) in [5.74, 6) is 0. The van der Waals surface area contributed by atoms with Gasteiger partial charge < -0.3 is 15.5 Å². The van der Waals surface area contributed by atoms with Gasteiger partial charge in [0.2, 0.25) is 0 Å². The van der Waals surface area contributed by atoms with Gasteiger partial charge in [0, 0.05) is 25.0 Å². The number of urea groups is 1. The molecule has 0 spiro atoms. The van der Waals surface area contributed by atoms with Gasteiger partial charge in [-0.25, -0.2) is 4.79 Å². The average Bonchev–Trinajstić information content (AvgIpc) is 2.54. The van der Waals surface area contributed by atoms with Crippen molar-refractivity contribution in [3.05, 3.63) is 35.4 Å². The first-order valence-corrected chi connectivity index (χ1v) is 8.79. The molecular weight excluding hydrogens is 286 g/mol. The molecule has 1 heterocycles. The van der Waals surface area contributed by atoms with E-state index in [1.165, 1.54) is 43.5 Å². The Balaban J connectivity index is 1.72. The minimum absolute atomic E-state index is 0.0660. The molecule has 1 saturated heterocycles. The highest BCUT2D eigenvalue weighted by atomic mass is 16.2. The van der Waals surface area contributed by atoms with Gasteiger partial charge in [0.05, 0.1) is 0 Å². The second kappa shape index (κ2) is 8.34. The van der Waals surface area contributed by atoms with Crippen molar-refractivity contribution in [1.82, 2.24) is 15.5 Å². The normalized spacial score (nSPS) is 16.1. The van der Waals surface area contributed by atoms with Gasteiger partial charge >= 0.3 is 6.03 Å². The molecule has 2 rings (SSSR count). The van der Waals surface area contributed by atoms with Gasteiger partial charge in [-0.15, -0.1) is 0 Å². The van der Waals surface area contributed by atoms with Crippen molar-refractivity contribution in [3.63, 3.8) is 0 Å². The maximum absolute atomic E-state index is 12.0. The first kappa shape index (κ1) is 17.8. The average molecular weight is 317 g/mol. The lowest BCUT2D eigenvalue weighted by Crippen LogP contribution is -2.45. The Hall–Kier alpha value is -1.55. The van der Waals surface area contributed by atoms with Crippen LogP contribution in [0.15, 0.2) is 24.3 Å². The van der Waals surface area contributed by atoms with Crippen LogP contribution in [0.1, 0.15) is 44.2 Å². The number of carbonyl (C=O) groups excluding carboxylic acids is 1. The molecule has 0 unspecified atom stereocenters. The number of likely N-dealkylation sites (tertiary alicyclic amines) is 1.